The molecule has 1 atom stereocenters. The van der Waals surface area contributed by atoms with Gasteiger partial charge >= 0.3 is 0 Å². The fourth-order valence-corrected chi connectivity index (χ4v) is 4.56. The van der Waals surface area contributed by atoms with Crippen molar-refractivity contribution in [2.75, 3.05) is 39.4 Å². The number of nitrogens with zero attached hydrogens (tertiary/aromatic N) is 2. The van der Waals surface area contributed by atoms with Gasteiger partial charge in [-0.2, -0.15) is 0 Å². The van der Waals surface area contributed by atoms with Crippen LogP contribution in [0.15, 0.2) is 27.3 Å². The minimum atomic E-state index is -0.119. The molecule has 2 aromatic rings. The Morgan fingerprint density at radius 1 is 1.07 bits per heavy atom. The Hall–Kier alpha value is -1.38. The van der Waals surface area contributed by atoms with Crippen LogP contribution in [0.4, 0.5) is 0 Å². The van der Waals surface area contributed by atoms with Crippen LogP contribution >= 0.6 is 31.9 Å². The van der Waals surface area contributed by atoms with Crippen LogP contribution in [0.3, 0.4) is 0 Å². The number of fused-ring (bicyclic) bond motifs is 1. The highest BCUT2D eigenvalue weighted by Gasteiger charge is 2.32. The molecule has 0 aliphatic carbocycles. The first-order valence-corrected chi connectivity index (χ1v) is 10.7. The fourth-order valence-electron chi connectivity index (χ4n) is 3.87. The van der Waals surface area contributed by atoms with E-state index < -0.39 is 0 Å². The lowest BCUT2D eigenvalue weighted by Gasteiger charge is -2.36. The second-order valence-electron chi connectivity index (χ2n) is 7.04. The highest BCUT2D eigenvalue weighted by molar-refractivity contribution is 9.13. The van der Waals surface area contributed by atoms with Gasteiger partial charge in [0.05, 0.1) is 24.7 Å². The number of likely N-dealkylation sites (tertiary alicyclic amines) is 1. The van der Waals surface area contributed by atoms with E-state index in [0.717, 1.165) is 32.7 Å². The van der Waals surface area contributed by atoms with Crippen LogP contribution in [0.1, 0.15) is 23.2 Å². The molecule has 27 heavy (non-hydrogen) atoms. The van der Waals surface area contributed by atoms with Gasteiger partial charge in [-0.15, -0.1) is 0 Å². The zero-order chi connectivity index (χ0) is 19.0. The Morgan fingerprint density at radius 2 is 1.81 bits per heavy atom. The molecule has 8 heteroatoms. The molecule has 0 radical (unpaired) electrons. The molecule has 2 fully saturated rings. The predicted molar refractivity (Wildman–Crippen MR) is 110 cm³/mol. The van der Waals surface area contributed by atoms with Gasteiger partial charge in [0.25, 0.3) is 5.91 Å². The van der Waals surface area contributed by atoms with Gasteiger partial charge in [0, 0.05) is 52.2 Å². The van der Waals surface area contributed by atoms with Crippen molar-refractivity contribution in [2.24, 2.45) is 5.92 Å². The molecule has 1 aromatic heterocycles. The average Bonchev–Trinajstić information content (AvgIpc) is 3.10. The minimum Gasteiger partial charge on any atom is -0.378 e. The molecule has 0 bridgehead atoms. The summed E-state index contributed by atoms with van der Waals surface area (Å²) in [6.45, 7) is 3.67. The Labute approximate surface area is 174 Å². The summed E-state index contributed by atoms with van der Waals surface area (Å²) in [5, 5.41) is 0.886. The van der Waals surface area contributed by atoms with Crippen LogP contribution in [0.2, 0.25) is 0 Å². The second-order valence-corrected chi connectivity index (χ2v) is 8.75. The van der Waals surface area contributed by atoms with Crippen LogP contribution in [0, 0.1) is 5.92 Å². The first-order valence-electron chi connectivity index (χ1n) is 9.16. The third-order valence-electron chi connectivity index (χ3n) is 5.33. The third-order valence-corrected chi connectivity index (χ3v) is 7.18. The van der Waals surface area contributed by atoms with E-state index in [1.54, 1.807) is 6.20 Å². The number of halogens is 2. The van der Waals surface area contributed by atoms with Gasteiger partial charge in [-0.05, 0) is 56.8 Å². The summed E-state index contributed by atoms with van der Waals surface area (Å²) >= 11 is 6.99. The molecule has 3 heterocycles. The fraction of sp³-hybridized carbons (Fsp3) is 0.474. The van der Waals surface area contributed by atoms with Crippen molar-refractivity contribution in [2.45, 2.75) is 12.8 Å². The van der Waals surface area contributed by atoms with Crippen molar-refractivity contribution >= 4 is 54.6 Å². The summed E-state index contributed by atoms with van der Waals surface area (Å²) in [7, 11) is 0. The zero-order valence-electron chi connectivity index (χ0n) is 14.8. The predicted octanol–water partition coefficient (Wildman–Crippen LogP) is 3.40. The zero-order valence-corrected chi connectivity index (χ0v) is 18.0. The number of amides is 2. The van der Waals surface area contributed by atoms with Crippen LogP contribution < -0.4 is 0 Å². The maximum absolute atomic E-state index is 13.1. The number of morpholine rings is 1. The number of aromatic amines is 1. The molecule has 0 saturated carbocycles. The lowest BCUT2D eigenvalue weighted by Crippen LogP contribution is -2.49. The molecular weight excluding hydrogens is 478 g/mol. The van der Waals surface area contributed by atoms with Crippen LogP contribution in [-0.2, 0) is 9.53 Å². The Morgan fingerprint density at radius 3 is 2.59 bits per heavy atom. The number of hydrogen-bond donors (Lipinski definition) is 1. The van der Waals surface area contributed by atoms with Gasteiger partial charge in [0.15, 0.2) is 0 Å². The van der Waals surface area contributed by atoms with E-state index in [9.17, 15) is 9.59 Å². The van der Waals surface area contributed by atoms with Gasteiger partial charge in [0.2, 0.25) is 5.91 Å². The Balaban J connectivity index is 1.52. The SMILES string of the molecule is O=C(c1c[nH]c2cc(Br)c(Br)cc12)N1CCCC(C(=O)N2CCOCC2)C1. The first kappa shape index (κ1) is 19.0. The molecule has 4 rings (SSSR count). The number of hydrogen-bond acceptors (Lipinski definition) is 3. The minimum absolute atomic E-state index is 0.0186. The summed E-state index contributed by atoms with van der Waals surface area (Å²) in [5.41, 5.74) is 1.56. The van der Waals surface area contributed by atoms with Crippen molar-refractivity contribution in [1.29, 1.82) is 0 Å². The molecule has 2 aliphatic rings. The highest BCUT2D eigenvalue weighted by atomic mass is 79.9. The van der Waals surface area contributed by atoms with Crippen molar-refractivity contribution in [1.82, 2.24) is 14.8 Å². The molecule has 1 unspecified atom stereocenters. The van der Waals surface area contributed by atoms with E-state index in [2.05, 4.69) is 36.8 Å². The smallest absolute Gasteiger partial charge is 0.256 e. The average molecular weight is 499 g/mol. The molecule has 2 aliphatic heterocycles. The lowest BCUT2D eigenvalue weighted by molar-refractivity contribution is -0.141. The highest BCUT2D eigenvalue weighted by Crippen LogP contribution is 2.31. The summed E-state index contributed by atoms with van der Waals surface area (Å²) in [6, 6.07) is 3.90. The molecular formula is C19H21Br2N3O3. The normalized spacial score (nSPS) is 20.9. The van der Waals surface area contributed by atoms with Crippen LogP contribution in [0.5, 0.6) is 0 Å². The number of piperidine rings is 1. The van der Waals surface area contributed by atoms with Gasteiger partial charge in [-0.3, -0.25) is 9.59 Å². The van der Waals surface area contributed by atoms with Crippen LogP contribution in [-0.4, -0.2) is 66.0 Å². The number of benzene rings is 1. The Bertz CT molecular complexity index is 876. The molecule has 0 spiro atoms. The molecule has 6 nitrogen and oxygen atoms in total. The summed E-state index contributed by atoms with van der Waals surface area (Å²) in [5.74, 6) is 0.0169. The monoisotopic (exact) mass is 497 g/mol. The van der Waals surface area contributed by atoms with Crippen molar-refractivity contribution in [3.05, 3.63) is 32.8 Å². The third kappa shape index (κ3) is 3.79. The summed E-state index contributed by atoms with van der Waals surface area (Å²) < 4.78 is 7.18. The largest absolute Gasteiger partial charge is 0.378 e. The number of carbonyl (C=O) groups excluding carboxylic acids is 2. The second kappa shape index (κ2) is 7.93. The number of aromatic nitrogens is 1. The Kier molecular flexibility index (Phi) is 5.57. The molecule has 1 N–H and O–H groups in total. The maximum Gasteiger partial charge on any atom is 0.256 e. The number of rotatable bonds is 2. The van der Waals surface area contributed by atoms with Gasteiger partial charge in [-0.25, -0.2) is 0 Å². The van der Waals surface area contributed by atoms with Gasteiger partial charge in [-0.1, -0.05) is 0 Å². The van der Waals surface area contributed by atoms with E-state index in [1.807, 2.05) is 21.9 Å². The maximum atomic E-state index is 13.1. The van der Waals surface area contributed by atoms with Gasteiger partial charge < -0.3 is 19.5 Å². The standard InChI is InChI=1S/C19H21Br2N3O3/c20-15-8-13-14(10-22-17(13)9-16(15)21)19(26)24-3-1-2-12(11-24)18(25)23-4-6-27-7-5-23/h8-10,12,22H,1-7,11H2. The topological polar surface area (TPSA) is 65.6 Å². The summed E-state index contributed by atoms with van der Waals surface area (Å²) in [4.78, 5) is 32.8. The van der Waals surface area contributed by atoms with Crippen LogP contribution in [0.25, 0.3) is 10.9 Å². The number of H-pyrrole nitrogens is 1. The number of carbonyl (C=O) groups is 2. The van der Waals surface area contributed by atoms with E-state index >= 15 is 0 Å². The van der Waals surface area contributed by atoms with E-state index in [4.69, 9.17) is 4.74 Å². The molecule has 1 aromatic carbocycles. The number of nitrogens with one attached hydrogen (secondary N) is 1. The van der Waals surface area contributed by atoms with E-state index in [-0.39, 0.29) is 17.7 Å². The molecule has 144 valence electrons. The number of ether oxygens (including phenoxy) is 1. The van der Waals surface area contributed by atoms with E-state index in [0.29, 0.717) is 45.0 Å². The quantitative estimate of drug-likeness (QED) is 0.690. The summed E-state index contributed by atoms with van der Waals surface area (Å²) in [6.07, 6.45) is 3.45. The van der Waals surface area contributed by atoms with E-state index in [1.165, 1.54) is 0 Å². The van der Waals surface area contributed by atoms with Gasteiger partial charge in [0.1, 0.15) is 0 Å². The molecule has 2 amide bonds. The first-order chi connectivity index (χ1) is 13.0. The molecule has 2 saturated heterocycles. The van der Waals surface area contributed by atoms with Crippen molar-refractivity contribution in [3.8, 4) is 0 Å². The van der Waals surface area contributed by atoms with Crippen molar-refractivity contribution < 1.29 is 14.3 Å². The van der Waals surface area contributed by atoms with Crippen molar-refractivity contribution in [3.63, 3.8) is 0 Å². The lowest BCUT2D eigenvalue weighted by atomic mass is 9.95.